The monoisotopic (exact) mass is 296 g/mol. The number of halogens is 1. The van der Waals surface area contributed by atoms with E-state index in [0.29, 0.717) is 18.3 Å². The van der Waals surface area contributed by atoms with Crippen molar-refractivity contribution < 1.29 is 13.9 Å². The third-order valence-electron chi connectivity index (χ3n) is 2.60. The first-order valence-electron chi connectivity index (χ1n) is 6.13. The van der Waals surface area contributed by atoms with Gasteiger partial charge in [-0.3, -0.25) is 4.79 Å². The van der Waals surface area contributed by atoms with Gasteiger partial charge in [0.15, 0.2) is 11.7 Å². The number of rotatable bonds is 5. The van der Waals surface area contributed by atoms with Crippen molar-refractivity contribution in [3.05, 3.63) is 42.4 Å². The van der Waals surface area contributed by atoms with Crippen molar-refractivity contribution in [1.29, 1.82) is 0 Å². The summed E-state index contributed by atoms with van der Waals surface area (Å²) in [6.45, 7) is 2.05. The lowest BCUT2D eigenvalue weighted by atomic mass is 10.2. The number of esters is 1. The predicted octanol–water partition coefficient (Wildman–Crippen LogP) is 2.20. The molecule has 5 nitrogen and oxygen atoms in total. The molecular formula is C14H17ClN2O3. The maximum absolute atomic E-state index is 11.4. The van der Waals surface area contributed by atoms with E-state index in [1.54, 1.807) is 13.1 Å². The minimum Gasteiger partial charge on any atom is -0.465 e. The second kappa shape index (κ2) is 7.67. The summed E-state index contributed by atoms with van der Waals surface area (Å²) in [6.07, 6.45) is 1.86. The van der Waals surface area contributed by atoms with Crippen LogP contribution < -0.4 is 5.73 Å². The highest BCUT2D eigenvalue weighted by atomic mass is 35.5. The van der Waals surface area contributed by atoms with Crippen LogP contribution in [0.4, 0.5) is 0 Å². The Labute approximate surface area is 123 Å². The second-order valence-corrected chi connectivity index (χ2v) is 4.05. The van der Waals surface area contributed by atoms with Gasteiger partial charge in [-0.15, -0.1) is 12.4 Å². The highest BCUT2D eigenvalue weighted by Gasteiger charge is 2.18. The zero-order chi connectivity index (χ0) is 13.7. The van der Waals surface area contributed by atoms with Gasteiger partial charge in [0.05, 0.1) is 19.2 Å². The summed E-state index contributed by atoms with van der Waals surface area (Å²) in [4.78, 5) is 15.5. The maximum Gasteiger partial charge on any atom is 0.323 e. The molecule has 0 aliphatic rings. The zero-order valence-corrected chi connectivity index (χ0v) is 11.9. The van der Waals surface area contributed by atoms with Crippen molar-refractivity contribution in [1.82, 2.24) is 4.98 Å². The zero-order valence-electron chi connectivity index (χ0n) is 11.1. The summed E-state index contributed by atoms with van der Waals surface area (Å²) in [5, 5.41) is 0. The third kappa shape index (κ3) is 4.08. The number of aromatic nitrogens is 1. The van der Waals surface area contributed by atoms with Crippen LogP contribution in [0.15, 0.2) is 40.9 Å². The van der Waals surface area contributed by atoms with Gasteiger partial charge < -0.3 is 14.9 Å². The molecule has 1 aromatic heterocycles. The van der Waals surface area contributed by atoms with Gasteiger partial charge in [0.2, 0.25) is 0 Å². The predicted molar refractivity (Wildman–Crippen MR) is 77.5 cm³/mol. The number of carbonyl (C=O) groups excluding carboxylic acids is 1. The van der Waals surface area contributed by atoms with Gasteiger partial charge >= 0.3 is 5.97 Å². The van der Waals surface area contributed by atoms with E-state index in [0.717, 1.165) is 5.56 Å². The first-order valence-corrected chi connectivity index (χ1v) is 6.13. The van der Waals surface area contributed by atoms with Crippen LogP contribution in [-0.2, 0) is 16.0 Å². The number of carbonyl (C=O) groups is 1. The van der Waals surface area contributed by atoms with E-state index in [1.165, 1.54) is 0 Å². The molecule has 1 atom stereocenters. The van der Waals surface area contributed by atoms with Crippen molar-refractivity contribution in [2.45, 2.75) is 19.4 Å². The lowest BCUT2D eigenvalue weighted by Gasteiger charge is -2.07. The summed E-state index contributed by atoms with van der Waals surface area (Å²) >= 11 is 0. The molecule has 2 rings (SSSR count). The molecule has 0 saturated carbocycles. The van der Waals surface area contributed by atoms with Crippen LogP contribution in [0.2, 0.25) is 0 Å². The Bertz CT molecular complexity index is 542. The minimum atomic E-state index is -0.748. The average Bonchev–Trinajstić information content (AvgIpc) is 2.88. The van der Waals surface area contributed by atoms with Gasteiger partial charge in [-0.1, -0.05) is 30.3 Å². The molecule has 6 heteroatoms. The van der Waals surface area contributed by atoms with Gasteiger partial charge in [0.1, 0.15) is 6.04 Å². The van der Waals surface area contributed by atoms with Crippen molar-refractivity contribution in [2.24, 2.45) is 5.73 Å². The SMILES string of the molecule is CCOC(=O)[C@@H](N)Cc1ncc(-c2ccccc2)o1.Cl. The van der Waals surface area contributed by atoms with Gasteiger partial charge in [-0.05, 0) is 6.92 Å². The van der Waals surface area contributed by atoms with E-state index >= 15 is 0 Å². The molecule has 0 bridgehead atoms. The molecule has 0 fully saturated rings. The van der Waals surface area contributed by atoms with Crippen LogP contribution in [0.25, 0.3) is 11.3 Å². The van der Waals surface area contributed by atoms with E-state index < -0.39 is 12.0 Å². The quantitative estimate of drug-likeness (QED) is 0.856. The molecular weight excluding hydrogens is 280 g/mol. The molecule has 2 N–H and O–H groups in total. The normalized spacial score (nSPS) is 11.5. The Kier molecular flexibility index (Phi) is 6.21. The van der Waals surface area contributed by atoms with Crippen LogP contribution in [-0.4, -0.2) is 23.6 Å². The van der Waals surface area contributed by atoms with Gasteiger partial charge in [0.25, 0.3) is 0 Å². The number of nitrogens with zero attached hydrogens (tertiary/aromatic N) is 1. The van der Waals surface area contributed by atoms with Crippen LogP contribution in [0.1, 0.15) is 12.8 Å². The van der Waals surface area contributed by atoms with Gasteiger partial charge in [-0.2, -0.15) is 0 Å². The minimum absolute atomic E-state index is 0. The van der Waals surface area contributed by atoms with Crippen molar-refractivity contribution in [3.63, 3.8) is 0 Å². The maximum atomic E-state index is 11.4. The Balaban J connectivity index is 0.00000200. The molecule has 1 aromatic carbocycles. The van der Waals surface area contributed by atoms with Crippen molar-refractivity contribution in [3.8, 4) is 11.3 Å². The molecule has 0 spiro atoms. The molecule has 108 valence electrons. The van der Waals surface area contributed by atoms with Crippen molar-refractivity contribution >= 4 is 18.4 Å². The molecule has 0 aliphatic heterocycles. The molecule has 2 aromatic rings. The van der Waals surface area contributed by atoms with Crippen molar-refractivity contribution in [2.75, 3.05) is 6.61 Å². The second-order valence-electron chi connectivity index (χ2n) is 4.05. The lowest BCUT2D eigenvalue weighted by molar-refractivity contribution is -0.144. The average molecular weight is 297 g/mol. The smallest absolute Gasteiger partial charge is 0.323 e. The molecule has 0 aliphatic carbocycles. The highest BCUT2D eigenvalue weighted by molar-refractivity contribution is 5.85. The Morgan fingerprint density at radius 2 is 2.10 bits per heavy atom. The van der Waals surface area contributed by atoms with E-state index in [2.05, 4.69) is 4.98 Å². The fraction of sp³-hybridized carbons (Fsp3) is 0.286. The fourth-order valence-corrected chi connectivity index (χ4v) is 1.66. The summed E-state index contributed by atoms with van der Waals surface area (Å²) in [7, 11) is 0. The number of benzene rings is 1. The molecule has 0 saturated heterocycles. The van der Waals surface area contributed by atoms with Crippen LogP contribution in [0.3, 0.4) is 0 Å². The number of hydrogen-bond donors (Lipinski definition) is 1. The standard InChI is InChI=1S/C14H16N2O3.ClH/c1-2-18-14(17)11(15)8-13-16-9-12(19-13)10-6-4-3-5-7-10;/h3-7,9,11H,2,8,15H2,1H3;1H/t11-;/m0./s1. The molecule has 20 heavy (non-hydrogen) atoms. The lowest BCUT2D eigenvalue weighted by Crippen LogP contribution is -2.34. The Morgan fingerprint density at radius 1 is 1.40 bits per heavy atom. The number of ether oxygens (including phenoxy) is 1. The molecule has 0 unspecified atom stereocenters. The van der Waals surface area contributed by atoms with Crippen LogP contribution in [0.5, 0.6) is 0 Å². The van der Waals surface area contributed by atoms with E-state index in [-0.39, 0.29) is 18.8 Å². The first kappa shape index (κ1) is 16.2. The van der Waals surface area contributed by atoms with E-state index in [9.17, 15) is 4.79 Å². The Morgan fingerprint density at radius 3 is 2.75 bits per heavy atom. The number of oxazole rings is 1. The molecule has 0 amide bonds. The summed E-state index contributed by atoms with van der Waals surface area (Å²) < 4.78 is 10.4. The van der Waals surface area contributed by atoms with Crippen LogP contribution in [0, 0.1) is 0 Å². The Hall–Kier alpha value is -1.85. The van der Waals surface area contributed by atoms with Crippen LogP contribution >= 0.6 is 12.4 Å². The summed E-state index contributed by atoms with van der Waals surface area (Å²) in [5.41, 5.74) is 6.64. The topological polar surface area (TPSA) is 78.4 Å². The number of hydrogen-bond acceptors (Lipinski definition) is 5. The van der Waals surface area contributed by atoms with E-state index in [4.69, 9.17) is 14.9 Å². The largest absolute Gasteiger partial charge is 0.465 e. The molecule has 1 heterocycles. The number of nitrogens with two attached hydrogens (primary N) is 1. The van der Waals surface area contributed by atoms with E-state index in [1.807, 2.05) is 30.3 Å². The van der Waals surface area contributed by atoms with Gasteiger partial charge in [0, 0.05) is 5.56 Å². The molecule has 0 radical (unpaired) electrons. The van der Waals surface area contributed by atoms with Gasteiger partial charge in [-0.25, -0.2) is 4.98 Å². The summed E-state index contributed by atoms with van der Waals surface area (Å²) in [6, 6.07) is 8.87. The fourth-order valence-electron chi connectivity index (χ4n) is 1.66. The first-order chi connectivity index (χ1) is 9.20. The highest BCUT2D eigenvalue weighted by Crippen LogP contribution is 2.20. The third-order valence-corrected chi connectivity index (χ3v) is 2.60. The summed E-state index contributed by atoms with van der Waals surface area (Å²) in [5.74, 6) is 0.646.